The molecule has 0 radical (unpaired) electrons. The maximum atomic E-state index is 12.2. The minimum absolute atomic E-state index is 0.103. The Morgan fingerprint density at radius 1 is 1.04 bits per heavy atom. The molecule has 1 aromatic heterocycles. The highest BCUT2D eigenvalue weighted by Gasteiger charge is 2.38. The predicted molar refractivity (Wildman–Crippen MR) is 98.3 cm³/mol. The van der Waals surface area contributed by atoms with E-state index >= 15 is 0 Å². The largest absolute Gasteiger partial charge is 0.441 e. The average molecular weight is 397 g/mol. The summed E-state index contributed by atoms with van der Waals surface area (Å²) in [5.41, 5.74) is 1.22. The molecule has 0 N–H and O–H groups in total. The summed E-state index contributed by atoms with van der Waals surface area (Å²) < 4.78 is 5.61. The highest BCUT2D eigenvalue weighted by Crippen LogP contribution is 2.24. The van der Waals surface area contributed by atoms with E-state index in [9.17, 15) is 14.4 Å². The Balaban J connectivity index is 1.36. The first-order chi connectivity index (χ1) is 13.5. The lowest BCUT2D eigenvalue weighted by atomic mass is 10.1. The van der Waals surface area contributed by atoms with E-state index in [1.54, 1.807) is 42.6 Å². The molecule has 2 aromatic carbocycles. The molecule has 140 valence electrons. The van der Waals surface area contributed by atoms with Crippen molar-refractivity contribution in [1.29, 1.82) is 0 Å². The van der Waals surface area contributed by atoms with Crippen LogP contribution in [0.2, 0.25) is 5.02 Å². The molecule has 0 unspecified atom stereocenters. The van der Waals surface area contributed by atoms with Gasteiger partial charge in [0, 0.05) is 17.0 Å². The van der Waals surface area contributed by atoms with Crippen LogP contribution >= 0.6 is 11.6 Å². The molecule has 0 aliphatic carbocycles. The van der Waals surface area contributed by atoms with E-state index in [0.29, 0.717) is 21.7 Å². The minimum atomic E-state index is -0.735. The van der Waals surface area contributed by atoms with Gasteiger partial charge in [-0.2, -0.15) is 0 Å². The lowest BCUT2D eigenvalue weighted by molar-refractivity contribution is -0.168. The Labute approximate surface area is 164 Å². The molecular weight excluding hydrogens is 384 g/mol. The first kappa shape index (κ1) is 17.9. The van der Waals surface area contributed by atoms with Gasteiger partial charge in [0.1, 0.15) is 0 Å². The van der Waals surface area contributed by atoms with Crippen molar-refractivity contribution < 1.29 is 23.6 Å². The van der Waals surface area contributed by atoms with Crippen molar-refractivity contribution in [2.24, 2.45) is 0 Å². The molecule has 2 heterocycles. The third-order valence-corrected chi connectivity index (χ3v) is 4.43. The van der Waals surface area contributed by atoms with Gasteiger partial charge in [0.15, 0.2) is 11.7 Å². The molecule has 2 amide bonds. The van der Waals surface area contributed by atoms with E-state index in [0.717, 1.165) is 5.56 Å². The molecule has 1 aliphatic rings. The number of imide groups is 1. The van der Waals surface area contributed by atoms with Crippen LogP contribution in [0.15, 0.2) is 59.1 Å². The van der Waals surface area contributed by atoms with Crippen molar-refractivity contribution in [3.8, 4) is 11.3 Å². The van der Waals surface area contributed by atoms with Gasteiger partial charge in [0.2, 0.25) is 0 Å². The van der Waals surface area contributed by atoms with Crippen molar-refractivity contribution in [3.05, 3.63) is 76.8 Å². The highest BCUT2D eigenvalue weighted by atomic mass is 35.5. The molecule has 1 aliphatic heterocycles. The van der Waals surface area contributed by atoms with Crippen LogP contribution < -0.4 is 0 Å². The van der Waals surface area contributed by atoms with Crippen LogP contribution in [0.3, 0.4) is 0 Å². The summed E-state index contributed by atoms with van der Waals surface area (Å²) in [5, 5.41) is 1.10. The minimum Gasteiger partial charge on any atom is -0.441 e. The summed E-state index contributed by atoms with van der Waals surface area (Å²) >= 11 is 5.86. The number of hydrogen-bond donors (Lipinski definition) is 0. The fourth-order valence-electron chi connectivity index (χ4n) is 2.78. The van der Waals surface area contributed by atoms with Crippen LogP contribution in [-0.4, -0.2) is 27.8 Å². The Bertz CT molecular complexity index is 1040. The van der Waals surface area contributed by atoms with Gasteiger partial charge in [-0.1, -0.05) is 28.8 Å². The number of carbonyl (C=O) groups is 3. The number of aryl methyl sites for hydroxylation is 1. The quantitative estimate of drug-likeness (QED) is 0.611. The van der Waals surface area contributed by atoms with Crippen molar-refractivity contribution in [2.45, 2.75) is 12.8 Å². The smallest absolute Gasteiger partial charge is 0.333 e. The molecular formula is C20H13ClN2O5. The Hall–Kier alpha value is -3.45. The number of aromatic nitrogens is 1. The molecule has 0 atom stereocenters. The zero-order chi connectivity index (χ0) is 19.7. The van der Waals surface area contributed by atoms with E-state index in [1.807, 2.05) is 0 Å². The number of benzene rings is 2. The molecule has 0 saturated heterocycles. The first-order valence-electron chi connectivity index (χ1n) is 8.42. The van der Waals surface area contributed by atoms with E-state index in [2.05, 4.69) is 4.98 Å². The molecule has 0 fully saturated rings. The van der Waals surface area contributed by atoms with Gasteiger partial charge in [-0.25, -0.2) is 9.78 Å². The van der Waals surface area contributed by atoms with E-state index in [-0.39, 0.29) is 24.0 Å². The third-order valence-electron chi connectivity index (χ3n) is 4.18. The van der Waals surface area contributed by atoms with Gasteiger partial charge < -0.3 is 9.25 Å². The number of rotatable bonds is 5. The van der Waals surface area contributed by atoms with Crippen LogP contribution in [0.4, 0.5) is 0 Å². The number of hydroxylamine groups is 2. The standard InChI is InChI=1S/C20H13ClN2O5/c21-13-7-5-12(6-8-13)16-11-22-17(27-16)9-10-18(24)28-23-19(25)14-3-1-2-4-15(14)20(23)26/h1-8,11H,9-10H2. The van der Waals surface area contributed by atoms with Crippen LogP contribution in [0.25, 0.3) is 11.3 Å². The van der Waals surface area contributed by atoms with Crippen LogP contribution in [-0.2, 0) is 16.1 Å². The fraction of sp³-hybridized carbons (Fsp3) is 0.100. The second-order valence-electron chi connectivity index (χ2n) is 6.04. The first-order valence-corrected chi connectivity index (χ1v) is 8.80. The average Bonchev–Trinajstić information content (AvgIpc) is 3.27. The van der Waals surface area contributed by atoms with Gasteiger partial charge in [0.25, 0.3) is 11.8 Å². The molecule has 3 aromatic rings. The van der Waals surface area contributed by atoms with E-state index in [1.165, 1.54) is 12.1 Å². The number of halogens is 1. The molecule has 7 nitrogen and oxygen atoms in total. The Morgan fingerprint density at radius 3 is 2.32 bits per heavy atom. The summed E-state index contributed by atoms with van der Waals surface area (Å²) in [6.45, 7) is 0. The summed E-state index contributed by atoms with van der Waals surface area (Å²) in [6, 6.07) is 13.3. The zero-order valence-electron chi connectivity index (χ0n) is 14.4. The predicted octanol–water partition coefficient (Wildman–Crippen LogP) is 3.68. The summed E-state index contributed by atoms with van der Waals surface area (Å²) in [6.07, 6.45) is 1.61. The number of carbonyl (C=O) groups excluding carboxylic acids is 3. The lowest BCUT2D eigenvalue weighted by Crippen LogP contribution is -2.32. The normalized spacial score (nSPS) is 13.0. The third kappa shape index (κ3) is 3.39. The van der Waals surface area contributed by atoms with Gasteiger partial charge in [-0.15, -0.1) is 0 Å². The summed E-state index contributed by atoms with van der Waals surface area (Å²) in [7, 11) is 0. The molecule has 0 saturated carbocycles. The molecule has 28 heavy (non-hydrogen) atoms. The molecule has 8 heteroatoms. The van der Waals surface area contributed by atoms with Gasteiger partial charge in [0.05, 0.1) is 23.7 Å². The van der Waals surface area contributed by atoms with Gasteiger partial charge >= 0.3 is 5.97 Å². The molecule has 4 rings (SSSR count). The second-order valence-corrected chi connectivity index (χ2v) is 6.48. The van der Waals surface area contributed by atoms with E-state index < -0.39 is 17.8 Å². The monoisotopic (exact) mass is 396 g/mol. The maximum Gasteiger partial charge on any atom is 0.333 e. The van der Waals surface area contributed by atoms with Crippen molar-refractivity contribution >= 4 is 29.4 Å². The zero-order valence-corrected chi connectivity index (χ0v) is 15.2. The number of hydrogen-bond acceptors (Lipinski definition) is 6. The van der Waals surface area contributed by atoms with Crippen LogP contribution in [0, 0.1) is 0 Å². The highest BCUT2D eigenvalue weighted by molar-refractivity contribution is 6.30. The van der Waals surface area contributed by atoms with Gasteiger partial charge in [-0.3, -0.25) is 9.59 Å². The SMILES string of the molecule is O=C(CCc1ncc(-c2ccc(Cl)cc2)o1)ON1C(=O)c2ccccc2C1=O. The number of oxazole rings is 1. The topological polar surface area (TPSA) is 89.7 Å². The Kier molecular flexibility index (Phi) is 4.67. The van der Waals surface area contributed by atoms with Crippen LogP contribution in [0.5, 0.6) is 0 Å². The number of fused-ring (bicyclic) bond motifs is 1. The van der Waals surface area contributed by atoms with Crippen molar-refractivity contribution in [1.82, 2.24) is 10.0 Å². The second kappa shape index (κ2) is 7.28. The van der Waals surface area contributed by atoms with E-state index in [4.69, 9.17) is 20.9 Å². The lowest BCUT2D eigenvalue weighted by Gasteiger charge is -2.12. The van der Waals surface area contributed by atoms with Crippen molar-refractivity contribution in [3.63, 3.8) is 0 Å². The summed E-state index contributed by atoms with van der Waals surface area (Å²) in [4.78, 5) is 45.5. The molecule has 0 spiro atoms. The maximum absolute atomic E-state index is 12.2. The van der Waals surface area contributed by atoms with Crippen LogP contribution in [0.1, 0.15) is 33.0 Å². The Morgan fingerprint density at radius 2 is 1.68 bits per heavy atom. The molecule has 0 bridgehead atoms. The number of nitrogens with zero attached hydrogens (tertiary/aromatic N) is 2. The number of amides is 2. The fourth-order valence-corrected chi connectivity index (χ4v) is 2.91. The van der Waals surface area contributed by atoms with Gasteiger partial charge in [-0.05, 0) is 36.4 Å². The van der Waals surface area contributed by atoms with Crippen molar-refractivity contribution in [2.75, 3.05) is 0 Å². The summed E-state index contributed by atoms with van der Waals surface area (Å²) in [5.74, 6) is -1.17.